The molecule has 0 aliphatic heterocycles. The van der Waals surface area contributed by atoms with E-state index in [1.807, 2.05) is 6.92 Å². The normalized spacial score (nSPS) is 8.75. The molecule has 0 aliphatic carbocycles. The largest absolute Gasteiger partial charge is 0.310 e. The lowest BCUT2D eigenvalue weighted by Gasteiger charge is -1.94. The van der Waals surface area contributed by atoms with Gasteiger partial charge in [-0.3, -0.25) is 0 Å². The molecule has 2 N–H and O–H groups in total. The fourth-order valence-corrected chi connectivity index (χ4v) is 0.445. The molecule has 46 valence electrons. The molecule has 8 heavy (non-hydrogen) atoms. The highest BCUT2D eigenvalue weighted by atomic mass is 14.4. The van der Waals surface area contributed by atoms with Crippen LogP contribution in [0.15, 0.2) is 0 Å². The summed E-state index contributed by atoms with van der Waals surface area (Å²) >= 11 is 0. The minimum absolute atomic E-state index is 0.552. The molecule has 0 aromatic carbocycles. The summed E-state index contributed by atoms with van der Waals surface area (Å²) in [5.74, 6) is 0. The zero-order valence-corrected chi connectivity index (χ0v) is 5.41. The molecule has 0 fully saturated rings. The summed E-state index contributed by atoms with van der Waals surface area (Å²) in [6, 6.07) is 0. The summed E-state index contributed by atoms with van der Waals surface area (Å²) in [5.41, 5.74) is 1.23. The van der Waals surface area contributed by atoms with E-state index < -0.39 is 0 Å². The van der Waals surface area contributed by atoms with Crippen molar-refractivity contribution in [3.8, 4) is 0 Å². The van der Waals surface area contributed by atoms with E-state index in [4.69, 9.17) is 10.8 Å². The number of hydrogen-bond acceptors (Lipinski definition) is 2. The van der Waals surface area contributed by atoms with Crippen LogP contribution in [0.5, 0.6) is 0 Å². The molecule has 0 rings (SSSR count). The first-order valence-electron chi connectivity index (χ1n) is 2.77. The van der Waals surface area contributed by atoms with Gasteiger partial charge in [0.25, 0.3) is 0 Å². The third-order valence-corrected chi connectivity index (χ3v) is 0.905. The molecule has 0 unspecified atom stereocenters. The van der Waals surface area contributed by atoms with E-state index in [9.17, 15) is 0 Å². The van der Waals surface area contributed by atoms with E-state index >= 15 is 0 Å². The van der Waals surface area contributed by atoms with E-state index in [-0.39, 0.29) is 0 Å². The third-order valence-electron chi connectivity index (χ3n) is 0.905. The second-order valence-corrected chi connectivity index (χ2v) is 1.91. The molecular weight excluding hydrogens is 100 g/mol. The predicted octanol–water partition coefficient (Wildman–Crippen LogP) is 1.85. The highest BCUT2D eigenvalue weighted by Gasteiger charge is 1.92. The maximum Gasteiger partial charge on any atom is 0.0226 e. The minimum Gasteiger partial charge on any atom is -0.310 e. The number of rotatable bonds is 3. The number of hydrogen-bond donors (Lipinski definition) is 2. The molecule has 0 bridgehead atoms. The Labute approximate surface area is 49.9 Å². The lowest BCUT2D eigenvalue weighted by molar-refractivity contribution is 1.19. The van der Waals surface area contributed by atoms with Gasteiger partial charge in [0, 0.05) is 17.8 Å². The van der Waals surface area contributed by atoms with Gasteiger partial charge in [-0.2, -0.15) is 0 Å². The Hall–Kier alpha value is -0.660. The van der Waals surface area contributed by atoms with Crippen molar-refractivity contribution in [1.29, 1.82) is 10.8 Å². The Morgan fingerprint density at radius 1 is 1.38 bits per heavy atom. The van der Waals surface area contributed by atoms with Crippen LogP contribution in [-0.2, 0) is 0 Å². The molecule has 0 aromatic heterocycles. The van der Waals surface area contributed by atoms with E-state index in [1.54, 1.807) is 6.92 Å². The minimum atomic E-state index is 0.552. The Balaban J connectivity index is 3.40. The SMILES string of the molecule is CCC(=N)CC(C)=N. The number of nitrogens with one attached hydrogen (secondary N) is 2. The van der Waals surface area contributed by atoms with E-state index in [2.05, 4.69) is 0 Å². The van der Waals surface area contributed by atoms with Crippen LogP contribution in [0.2, 0.25) is 0 Å². The van der Waals surface area contributed by atoms with Crippen LogP contribution in [-0.4, -0.2) is 11.4 Å². The molecule has 0 spiro atoms. The zero-order chi connectivity index (χ0) is 6.57. The average Bonchev–Trinajstić information content (AvgIpc) is 1.65. The maximum atomic E-state index is 7.13. The van der Waals surface area contributed by atoms with Gasteiger partial charge in [-0.1, -0.05) is 6.92 Å². The quantitative estimate of drug-likeness (QED) is 0.523. The van der Waals surface area contributed by atoms with Crippen molar-refractivity contribution in [3.05, 3.63) is 0 Å². The second-order valence-electron chi connectivity index (χ2n) is 1.91. The fourth-order valence-electron chi connectivity index (χ4n) is 0.445. The van der Waals surface area contributed by atoms with Crippen LogP contribution in [0.4, 0.5) is 0 Å². The summed E-state index contributed by atoms with van der Waals surface area (Å²) in [6.45, 7) is 3.66. The summed E-state index contributed by atoms with van der Waals surface area (Å²) in [7, 11) is 0. The smallest absolute Gasteiger partial charge is 0.0226 e. The van der Waals surface area contributed by atoms with Gasteiger partial charge in [0.15, 0.2) is 0 Å². The van der Waals surface area contributed by atoms with Crippen molar-refractivity contribution >= 4 is 11.4 Å². The molecule has 0 aromatic rings. The monoisotopic (exact) mass is 112 g/mol. The van der Waals surface area contributed by atoms with Gasteiger partial charge < -0.3 is 10.8 Å². The van der Waals surface area contributed by atoms with Gasteiger partial charge in [-0.25, -0.2) is 0 Å². The van der Waals surface area contributed by atoms with Crippen LogP contribution in [0.25, 0.3) is 0 Å². The van der Waals surface area contributed by atoms with Crippen LogP contribution in [0.3, 0.4) is 0 Å². The summed E-state index contributed by atoms with van der Waals surface area (Å²) in [6.07, 6.45) is 1.33. The van der Waals surface area contributed by atoms with Crippen molar-refractivity contribution in [2.45, 2.75) is 26.7 Å². The molecule has 0 saturated heterocycles. The van der Waals surface area contributed by atoms with Crippen molar-refractivity contribution in [3.63, 3.8) is 0 Å². The second kappa shape index (κ2) is 3.36. The first kappa shape index (κ1) is 7.34. The van der Waals surface area contributed by atoms with Gasteiger partial charge in [-0.05, 0) is 13.3 Å². The lowest BCUT2D eigenvalue weighted by atomic mass is 10.2. The summed E-state index contributed by atoms with van der Waals surface area (Å²) < 4.78 is 0. The van der Waals surface area contributed by atoms with Gasteiger partial charge in [0.1, 0.15) is 0 Å². The summed E-state index contributed by atoms with van der Waals surface area (Å²) in [4.78, 5) is 0. The zero-order valence-electron chi connectivity index (χ0n) is 5.41. The highest BCUT2D eigenvalue weighted by molar-refractivity contribution is 6.00. The molecule has 2 nitrogen and oxygen atoms in total. The molecule has 0 radical (unpaired) electrons. The van der Waals surface area contributed by atoms with E-state index in [0.29, 0.717) is 17.8 Å². The highest BCUT2D eigenvalue weighted by Crippen LogP contribution is 1.89. The lowest BCUT2D eigenvalue weighted by Crippen LogP contribution is -1.99. The van der Waals surface area contributed by atoms with Crippen molar-refractivity contribution < 1.29 is 0 Å². The van der Waals surface area contributed by atoms with Crippen LogP contribution >= 0.6 is 0 Å². The van der Waals surface area contributed by atoms with Gasteiger partial charge in [0.05, 0.1) is 0 Å². The predicted molar refractivity (Wildman–Crippen MR) is 36.0 cm³/mol. The Morgan fingerprint density at radius 3 is 2.00 bits per heavy atom. The Kier molecular flexibility index (Phi) is 3.08. The van der Waals surface area contributed by atoms with Crippen LogP contribution in [0, 0.1) is 10.8 Å². The summed E-state index contributed by atoms with van der Waals surface area (Å²) in [5, 5.41) is 14.1. The Morgan fingerprint density at radius 2 is 1.88 bits per heavy atom. The van der Waals surface area contributed by atoms with E-state index in [1.165, 1.54) is 0 Å². The first-order chi connectivity index (χ1) is 3.66. The first-order valence-corrected chi connectivity index (χ1v) is 2.77. The fraction of sp³-hybridized carbons (Fsp3) is 0.667. The van der Waals surface area contributed by atoms with Gasteiger partial charge >= 0.3 is 0 Å². The van der Waals surface area contributed by atoms with Crippen molar-refractivity contribution in [2.75, 3.05) is 0 Å². The van der Waals surface area contributed by atoms with Crippen molar-refractivity contribution in [1.82, 2.24) is 0 Å². The van der Waals surface area contributed by atoms with Crippen molar-refractivity contribution in [2.24, 2.45) is 0 Å². The van der Waals surface area contributed by atoms with Gasteiger partial charge in [-0.15, -0.1) is 0 Å². The molecular formula is C6H12N2. The average molecular weight is 112 g/mol. The Bertz CT molecular complexity index is 105. The standard InChI is InChI=1S/C6H12N2/c1-3-6(8)4-5(2)7/h7-8H,3-4H2,1-2H3. The topological polar surface area (TPSA) is 47.7 Å². The molecule has 2 heteroatoms. The maximum absolute atomic E-state index is 7.13. The molecule has 0 amide bonds. The van der Waals surface area contributed by atoms with E-state index in [0.717, 1.165) is 6.42 Å². The third kappa shape index (κ3) is 3.53. The molecule has 0 aliphatic rings. The molecule has 0 atom stereocenters. The van der Waals surface area contributed by atoms with Crippen LogP contribution in [0.1, 0.15) is 26.7 Å². The van der Waals surface area contributed by atoms with Gasteiger partial charge in [0.2, 0.25) is 0 Å². The molecule has 0 saturated carbocycles. The van der Waals surface area contributed by atoms with Crippen LogP contribution < -0.4 is 0 Å². The molecule has 0 heterocycles.